The van der Waals surface area contributed by atoms with Gasteiger partial charge in [-0.05, 0) is 32.9 Å². The van der Waals surface area contributed by atoms with Crippen molar-refractivity contribution in [2.75, 3.05) is 31.4 Å². The average Bonchev–Trinajstić information content (AvgIpc) is 2.73. The summed E-state index contributed by atoms with van der Waals surface area (Å²) in [5, 5.41) is 3.65. The maximum Gasteiger partial charge on any atom is 0.303 e. The molecule has 0 aliphatic heterocycles. The number of thiazole rings is 1. The average molecular weight is 306 g/mol. The Bertz CT molecular complexity index is 473. The van der Waals surface area contributed by atoms with Crippen molar-refractivity contribution >= 4 is 26.7 Å². The van der Waals surface area contributed by atoms with Crippen molar-refractivity contribution in [3.63, 3.8) is 0 Å². The third-order valence-corrected chi connectivity index (χ3v) is 4.91. The molecule has 0 amide bonds. The Hall–Kier alpha value is -0.700. The second-order valence-corrected chi connectivity index (χ2v) is 7.32. The number of aromatic nitrogens is 1. The monoisotopic (exact) mass is 306 g/mol. The van der Waals surface area contributed by atoms with Crippen molar-refractivity contribution in [3.05, 3.63) is 11.1 Å². The van der Waals surface area contributed by atoms with Gasteiger partial charge in [-0.1, -0.05) is 6.92 Å². The molecule has 0 fully saturated rings. The van der Waals surface area contributed by atoms with Gasteiger partial charge in [-0.3, -0.25) is 0 Å². The van der Waals surface area contributed by atoms with Crippen molar-refractivity contribution in [3.8, 4) is 0 Å². The van der Waals surface area contributed by atoms with Gasteiger partial charge in [-0.15, -0.1) is 11.3 Å². The Morgan fingerprint density at radius 3 is 2.74 bits per heavy atom. The first-order valence-corrected chi connectivity index (χ1v) is 8.58. The minimum Gasteiger partial charge on any atom is -0.317 e. The van der Waals surface area contributed by atoms with E-state index in [0.29, 0.717) is 11.7 Å². The second-order valence-electron chi connectivity index (χ2n) is 4.31. The van der Waals surface area contributed by atoms with Crippen LogP contribution in [0.5, 0.6) is 0 Å². The molecule has 1 rings (SSSR count). The number of anilines is 1. The fraction of sp³-hybridized carbons (Fsp3) is 0.727. The third kappa shape index (κ3) is 5.85. The third-order valence-electron chi connectivity index (χ3n) is 2.50. The summed E-state index contributed by atoms with van der Waals surface area (Å²) in [6.45, 7) is 6.26. The Morgan fingerprint density at radius 1 is 1.42 bits per heavy atom. The van der Waals surface area contributed by atoms with Crippen molar-refractivity contribution in [1.82, 2.24) is 14.6 Å². The summed E-state index contributed by atoms with van der Waals surface area (Å²) in [5.41, 5.74) is 0. The number of aryl methyl sites for hydroxylation is 1. The summed E-state index contributed by atoms with van der Waals surface area (Å²) in [6, 6.07) is 0. The molecule has 0 aromatic carbocycles. The van der Waals surface area contributed by atoms with Crippen LogP contribution in [0.2, 0.25) is 0 Å². The van der Waals surface area contributed by atoms with E-state index < -0.39 is 10.2 Å². The lowest BCUT2D eigenvalue weighted by Gasteiger charge is -2.17. The minimum absolute atomic E-state index is 0.411. The topological polar surface area (TPSA) is 74.3 Å². The first kappa shape index (κ1) is 16.4. The molecule has 1 aromatic rings. The molecule has 0 atom stereocenters. The van der Waals surface area contributed by atoms with Crippen LogP contribution in [0.25, 0.3) is 0 Å². The molecule has 0 bridgehead atoms. The Labute approximate surface area is 119 Å². The van der Waals surface area contributed by atoms with Gasteiger partial charge >= 0.3 is 10.2 Å². The molecule has 6 nitrogen and oxygen atoms in total. The van der Waals surface area contributed by atoms with Crippen LogP contribution in [0.1, 0.15) is 24.6 Å². The highest BCUT2D eigenvalue weighted by atomic mass is 32.2. The van der Waals surface area contributed by atoms with Crippen molar-refractivity contribution in [2.24, 2.45) is 0 Å². The van der Waals surface area contributed by atoms with E-state index in [0.717, 1.165) is 30.8 Å². The molecular formula is C11H22N4O2S2. The van der Waals surface area contributed by atoms with Crippen LogP contribution >= 0.6 is 11.3 Å². The molecule has 110 valence electrons. The Kier molecular flexibility index (Phi) is 6.70. The largest absolute Gasteiger partial charge is 0.317 e. The molecule has 0 aliphatic carbocycles. The van der Waals surface area contributed by atoms with Crippen LogP contribution < -0.4 is 10.0 Å². The fourth-order valence-corrected chi connectivity index (χ4v) is 3.24. The number of hydrogen-bond donors (Lipinski definition) is 2. The molecular weight excluding hydrogens is 284 g/mol. The van der Waals surface area contributed by atoms with Gasteiger partial charge in [0.15, 0.2) is 5.13 Å². The zero-order valence-electron chi connectivity index (χ0n) is 11.6. The van der Waals surface area contributed by atoms with Crippen LogP contribution in [0.3, 0.4) is 0 Å². The zero-order chi connectivity index (χ0) is 14.3. The highest BCUT2D eigenvalue weighted by Crippen LogP contribution is 2.18. The molecule has 0 unspecified atom stereocenters. The lowest BCUT2D eigenvalue weighted by Crippen LogP contribution is -2.34. The summed E-state index contributed by atoms with van der Waals surface area (Å²) in [4.78, 5) is 4.97. The first-order chi connectivity index (χ1) is 8.95. The van der Waals surface area contributed by atoms with Gasteiger partial charge in [0.1, 0.15) is 0 Å². The van der Waals surface area contributed by atoms with Crippen LogP contribution in [0.15, 0.2) is 6.20 Å². The first-order valence-electron chi connectivity index (χ1n) is 6.33. The molecule has 2 N–H and O–H groups in total. The van der Waals surface area contributed by atoms with Crippen LogP contribution in [-0.2, 0) is 10.2 Å². The lowest BCUT2D eigenvalue weighted by molar-refractivity contribution is 0.458. The Balaban J connectivity index is 2.39. The smallest absolute Gasteiger partial charge is 0.303 e. The van der Waals surface area contributed by atoms with Gasteiger partial charge in [0.05, 0.1) is 0 Å². The number of hydrogen-bond acceptors (Lipinski definition) is 5. The van der Waals surface area contributed by atoms with E-state index in [-0.39, 0.29) is 0 Å². The van der Waals surface area contributed by atoms with Crippen LogP contribution in [0.4, 0.5) is 5.13 Å². The lowest BCUT2D eigenvalue weighted by atomic mass is 10.4. The Morgan fingerprint density at radius 2 is 2.16 bits per heavy atom. The van der Waals surface area contributed by atoms with Crippen molar-refractivity contribution in [1.29, 1.82) is 0 Å². The van der Waals surface area contributed by atoms with Crippen molar-refractivity contribution < 1.29 is 8.42 Å². The van der Waals surface area contributed by atoms with E-state index in [1.165, 1.54) is 15.6 Å². The van der Waals surface area contributed by atoms with E-state index in [2.05, 4.69) is 21.9 Å². The second kappa shape index (κ2) is 7.78. The number of nitrogens with one attached hydrogen (secondary N) is 2. The maximum absolute atomic E-state index is 12.0. The summed E-state index contributed by atoms with van der Waals surface area (Å²) in [7, 11) is -1.92. The number of nitrogens with zero attached hydrogens (tertiary/aromatic N) is 2. The van der Waals surface area contributed by atoms with Gasteiger partial charge in [-0.2, -0.15) is 12.7 Å². The van der Waals surface area contributed by atoms with Crippen molar-refractivity contribution in [2.45, 2.75) is 26.7 Å². The van der Waals surface area contributed by atoms with Crippen LogP contribution in [-0.4, -0.2) is 44.4 Å². The minimum atomic E-state index is -3.49. The molecule has 0 saturated heterocycles. The summed E-state index contributed by atoms with van der Waals surface area (Å²) in [6.07, 6.45) is 3.52. The predicted octanol–water partition coefficient (Wildman–Crippen LogP) is 1.43. The van der Waals surface area contributed by atoms with E-state index in [1.807, 2.05) is 6.92 Å². The molecule has 0 radical (unpaired) electrons. The molecule has 19 heavy (non-hydrogen) atoms. The van der Waals surface area contributed by atoms with E-state index in [1.54, 1.807) is 13.2 Å². The summed E-state index contributed by atoms with van der Waals surface area (Å²) >= 11 is 1.33. The molecule has 1 heterocycles. The maximum atomic E-state index is 12.0. The van der Waals surface area contributed by atoms with Crippen LogP contribution in [0, 0.1) is 6.92 Å². The quantitative estimate of drug-likeness (QED) is 0.677. The predicted molar refractivity (Wildman–Crippen MR) is 79.8 cm³/mol. The summed E-state index contributed by atoms with van der Waals surface area (Å²) in [5.74, 6) is 0. The fourth-order valence-electron chi connectivity index (χ4n) is 1.44. The standard InChI is InChI=1S/C11H22N4O2S2/c1-4-6-12-7-5-8-15(3)19(16,17)14-11-13-9-10(2)18-11/h9,12H,4-8H2,1-3H3,(H,13,14). The highest BCUT2D eigenvalue weighted by Gasteiger charge is 2.18. The highest BCUT2D eigenvalue weighted by molar-refractivity contribution is 7.90. The zero-order valence-corrected chi connectivity index (χ0v) is 13.3. The van der Waals surface area contributed by atoms with Gasteiger partial charge in [0, 0.05) is 24.7 Å². The van der Waals surface area contributed by atoms with E-state index in [4.69, 9.17) is 0 Å². The van der Waals surface area contributed by atoms with Gasteiger partial charge in [0.25, 0.3) is 0 Å². The SMILES string of the molecule is CCCNCCCN(C)S(=O)(=O)Nc1ncc(C)s1. The molecule has 1 aromatic heterocycles. The molecule has 8 heteroatoms. The van der Waals surface area contributed by atoms with Gasteiger partial charge in [-0.25, -0.2) is 9.71 Å². The number of rotatable bonds is 9. The molecule has 0 spiro atoms. The molecule has 0 saturated carbocycles. The van der Waals surface area contributed by atoms with Gasteiger partial charge in [0.2, 0.25) is 0 Å². The van der Waals surface area contributed by atoms with E-state index >= 15 is 0 Å². The van der Waals surface area contributed by atoms with Gasteiger partial charge < -0.3 is 5.32 Å². The normalized spacial score (nSPS) is 12.0. The summed E-state index contributed by atoms with van der Waals surface area (Å²) < 4.78 is 27.8. The van der Waals surface area contributed by atoms with E-state index in [9.17, 15) is 8.42 Å². The molecule has 0 aliphatic rings.